The largest absolute Gasteiger partial charge is 0.418 e. The average Bonchev–Trinajstić information content (AvgIpc) is 1.87. The Morgan fingerprint density at radius 2 is 2.20 bits per heavy atom. The smallest absolute Gasteiger partial charge is 0.237 e. The van der Waals surface area contributed by atoms with Crippen LogP contribution in [0.5, 0.6) is 0 Å². The standard InChI is InChI=1S/C6H12B2NO/c1-4-6(2,3)8-5(10)9-7/h4H2,1-3H3,(H,9,10). The van der Waals surface area contributed by atoms with Crippen LogP contribution in [0.25, 0.3) is 0 Å². The van der Waals surface area contributed by atoms with E-state index in [1.54, 1.807) is 7.28 Å². The molecule has 0 aliphatic carbocycles. The molecule has 0 aromatic heterocycles. The second-order valence-electron chi connectivity index (χ2n) is 3.00. The Bertz CT molecular complexity index is 125. The molecular weight excluding hydrogens is 124 g/mol. The lowest BCUT2D eigenvalue weighted by molar-refractivity contribution is 0.262. The van der Waals surface area contributed by atoms with Gasteiger partial charge in [-0.1, -0.05) is 32.5 Å². The zero-order valence-corrected chi connectivity index (χ0v) is 6.77. The Morgan fingerprint density at radius 1 is 1.70 bits per heavy atom. The van der Waals surface area contributed by atoms with E-state index in [0.29, 0.717) is 0 Å². The van der Waals surface area contributed by atoms with Crippen molar-refractivity contribution in [1.82, 2.24) is 5.23 Å². The molecular formula is C6H12B2NO. The van der Waals surface area contributed by atoms with E-state index in [9.17, 15) is 4.79 Å². The van der Waals surface area contributed by atoms with Gasteiger partial charge in [0.1, 0.15) is 0 Å². The van der Waals surface area contributed by atoms with Gasteiger partial charge < -0.3 is 5.23 Å². The first-order valence-electron chi connectivity index (χ1n) is 3.38. The molecule has 1 N–H and O–H groups in total. The van der Waals surface area contributed by atoms with Gasteiger partial charge in [0.05, 0.1) is 0 Å². The van der Waals surface area contributed by atoms with Crippen LogP contribution in [-0.2, 0) is 0 Å². The van der Waals surface area contributed by atoms with Gasteiger partial charge in [-0.3, -0.25) is 4.79 Å². The van der Waals surface area contributed by atoms with Crippen molar-refractivity contribution in [3.63, 3.8) is 0 Å². The van der Waals surface area contributed by atoms with Crippen LogP contribution >= 0.6 is 0 Å². The Morgan fingerprint density at radius 3 is 2.50 bits per heavy atom. The van der Waals surface area contributed by atoms with E-state index >= 15 is 0 Å². The van der Waals surface area contributed by atoms with E-state index in [1.165, 1.54) is 0 Å². The topological polar surface area (TPSA) is 29.1 Å². The molecule has 2 nitrogen and oxygen atoms in total. The van der Waals surface area contributed by atoms with Crippen LogP contribution in [0.1, 0.15) is 27.2 Å². The third-order valence-corrected chi connectivity index (χ3v) is 1.58. The highest BCUT2D eigenvalue weighted by atomic mass is 16.1. The molecule has 4 heteroatoms. The van der Waals surface area contributed by atoms with Gasteiger partial charge in [0, 0.05) is 0 Å². The molecule has 0 aromatic carbocycles. The van der Waals surface area contributed by atoms with E-state index in [-0.39, 0.29) is 11.1 Å². The first-order valence-corrected chi connectivity index (χ1v) is 3.38. The molecule has 0 saturated carbocycles. The summed E-state index contributed by atoms with van der Waals surface area (Å²) in [5, 5.41) is 2.01. The molecule has 0 rings (SSSR count). The maximum Gasteiger partial charge on any atom is 0.237 e. The van der Waals surface area contributed by atoms with Crippen molar-refractivity contribution in [3.8, 4) is 0 Å². The number of carbonyl (C=O) groups is 1. The SMILES string of the molecule is [B]NC(=O)[B]C(C)(C)CC. The van der Waals surface area contributed by atoms with E-state index in [0.717, 1.165) is 6.42 Å². The minimum Gasteiger partial charge on any atom is -0.418 e. The zero-order chi connectivity index (χ0) is 8.20. The van der Waals surface area contributed by atoms with Crippen molar-refractivity contribution < 1.29 is 4.79 Å². The monoisotopic (exact) mass is 136 g/mol. The lowest BCUT2D eigenvalue weighted by Gasteiger charge is -2.19. The van der Waals surface area contributed by atoms with Crippen molar-refractivity contribution in [1.29, 1.82) is 0 Å². The van der Waals surface area contributed by atoms with E-state index in [1.807, 2.05) is 20.8 Å². The molecule has 0 atom stereocenters. The number of hydrogen-bond donors (Lipinski definition) is 1. The molecule has 0 saturated heterocycles. The number of carbonyl (C=O) groups excluding carboxylic acids is 1. The van der Waals surface area contributed by atoms with Crippen LogP contribution in [0.15, 0.2) is 0 Å². The summed E-state index contributed by atoms with van der Waals surface area (Å²) in [6, 6.07) is 0. The van der Waals surface area contributed by atoms with Crippen molar-refractivity contribution in [3.05, 3.63) is 0 Å². The van der Waals surface area contributed by atoms with Gasteiger partial charge in [-0.2, -0.15) is 0 Å². The van der Waals surface area contributed by atoms with Gasteiger partial charge in [0.15, 0.2) is 5.81 Å². The fourth-order valence-electron chi connectivity index (χ4n) is 0.499. The van der Waals surface area contributed by atoms with Gasteiger partial charge in [0.25, 0.3) is 0 Å². The molecule has 0 unspecified atom stereocenters. The van der Waals surface area contributed by atoms with E-state index in [4.69, 9.17) is 7.98 Å². The lowest BCUT2D eigenvalue weighted by atomic mass is 9.52. The first kappa shape index (κ1) is 9.60. The molecule has 0 fully saturated rings. The first-order chi connectivity index (χ1) is 4.52. The van der Waals surface area contributed by atoms with Gasteiger partial charge in [-0.15, -0.1) is 0 Å². The second kappa shape index (κ2) is 3.69. The number of hydrogen-bond acceptors (Lipinski definition) is 1. The highest BCUT2D eigenvalue weighted by Gasteiger charge is 2.20. The fourth-order valence-corrected chi connectivity index (χ4v) is 0.499. The van der Waals surface area contributed by atoms with Crippen LogP contribution in [0.2, 0.25) is 5.31 Å². The molecule has 0 bridgehead atoms. The summed E-state index contributed by atoms with van der Waals surface area (Å²) in [4.78, 5) is 10.7. The summed E-state index contributed by atoms with van der Waals surface area (Å²) in [5.41, 5.74) is 0. The van der Waals surface area contributed by atoms with Crippen LogP contribution in [0, 0.1) is 0 Å². The Hall–Kier alpha value is -0.400. The fraction of sp³-hybridized carbons (Fsp3) is 0.833. The van der Waals surface area contributed by atoms with Crippen molar-refractivity contribution >= 4 is 21.1 Å². The van der Waals surface area contributed by atoms with Crippen molar-refractivity contribution in [2.24, 2.45) is 0 Å². The van der Waals surface area contributed by atoms with Crippen LogP contribution in [-0.4, -0.2) is 21.1 Å². The maximum absolute atomic E-state index is 10.7. The quantitative estimate of drug-likeness (QED) is 0.577. The zero-order valence-electron chi connectivity index (χ0n) is 6.77. The molecule has 1 amide bonds. The van der Waals surface area contributed by atoms with Crippen LogP contribution in [0.4, 0.5) is 4.79 Å². The maximum atomic E-state index is 10.7. The molecule has 3 radical (unpaired) electrons. The van der Waals surface area contributed by atoms with Gasteiger partial charge in [0.2, 0.25) is 15.3 Å². The molecule has 0 aliphatic heterocycles. The molecule has 0 aromatic rings. The van der Waals surface area contributed by atoms with E-state index < -0.39 is 0 Å². The Labute approximate surface area is 64.4 Å². The number of nitrogens with one attached hydrogen (secondary N) is 1. The average molecular weight is 136 g/mol. The highest BCUT2D eigenvalue weighted by Crippen LogP contribution is 2.26. The highest BCUT2D eigenvalue weighted by molar-refractivity contribution is 6.77. The van der Waals surface area contributed by atoms with Crippen molar-refractivity contribution in [2.45, 2.75) is 32.5 Å². The third-order valence-electron chi connectivity index (χ3n) is 1.58. The van der Waals surface area contributed by atoms with Crippen LogP contribution < -0.4 is 5.23 Å². The third kappa shape index (κ3) is 3.59. The molecule has 0 heterocycles. The Kier molecular flexibility index (Phi) is 3.54. The van der Waals surface area contributed by atoms with E-state index in [2.05, 4.69) is 5.23 Å². The minimum absolute atomic E-state index is 0.0521. The molecule has 10 heavy (non-hydrogen) atoms. The summed E-state index contributed by atoms with van der Waals surface area (Å²) in [5.74, 6) is -0.216. The number of rotatable bonds is 3. The lowest BCUT2D eigenvalue weighted by Crippen LogP contribution is -2.30. The molecule has 0 spiro atoms. The molecule has 53 valence electrons. The van der Waals surface area contributed by atoms with Gasteiger partial charge >= 0.3 is 0 Å². The van der Waals surface area contributed by atoms with Crippen LogP contribution in [0.3, 0.4) is 0 Å². The predicted molar refractivity (Wildman–Crippen MR) is 44.4 cm³/mol. The van der Waals surface area contributed by atoms with Gasteiger partial charge in [-0.25, -0.2) is 0 Å². The summed E-state index contributed by atoms with van der Waals surface area (Å²) in [6.45, 7) is 6.00. The summed E-state index contributed by atoms with van der Waals surface area (Å²) < 4.78 is 0. The summed E-state index contributed by atoms with van der Waals surface area (Å²) >= 11 is 0. The Balaban J connectivity index is 3.76. The predicted octanol–water partition coefficient (Wildman–Crippen LogP) is 1.09. The van der Waals surface area contributed by atoms with Crippen molar-refractivity contribution in [2.75, 3.05) is 0 Å². The minimum atomic E-state index is -0.216. The normalized spacial score (nSPS) is 10.7. The molecule has 0 aliphatic rings. The summed E-state index contributed by atoms with van der Waals surface area (Å²) in [6.07, 6.45) is 0.931. The number of amides is 1. The second-order valence-corrected chi connectivity index (χ2v) is 3.00. The van der Waals surface area contributed by atoms with Gasteiger partial charge in [-0.05, 0) is 0 Å². The summed E-state index contributed by atoms with van der Waals surface area (Å²) in [7, 11) is 6.49.